The largest absolute Gasteiger partial charge is 0.338 e. The fourth-order valence-electron chi connectivity index (χ4n) is 1.55. The van der Waals surface area contributed by atoms with E-state index in [0.29, 0.717) is 36.2 Å². The second-order valence-corrected chi connectivity index (χ2v) is 4.34. The molecule has 1 heterocycles. The second kappa shape index (κ2) is 6.45. The van der Waals surface area contributed by atoms with E-state index >= 15 is 0 Å². The first kappa shape index (κ1) is 13.7. The van der Waals surface area contributed by atoms with Gasteiger partial charge in [-0.2, -0.15) is 4.98 Å². The topological polar surface area (TPSA) is 51.0 Å². The van der Waals surface area contributed by atoms with Crippen LogP contribution in [0.3, 0.4) is 0 Å². The summed E-state index contributed by atoms with van der Waals surface area (Å²) in [5.41, 5.74) is 0.759. The highest BCUT2D eigenvalue weighted by Crippen LogP contribution is 2.19. The van der Waals surface area contributed by atoms with Crippen LogP contribution in [0.15, 0.2) is 35.4 Å². The van der Waals surface area contributed by atoms with Gasteiger partial charge in [-0.15, -0.1) is 6.58 Å². The first-order valence-electron chi connectivity index (χ1n) is 5.76. The van der Waals surface area contributed by atoms with E-state index in [4.69, 9.17) is 16.1 Å². The Kier molecular flexibility index (Phi) is 4.65. The lowest BCUT2D eigenvalue weighted by Gasteiger charge is -2.00. The number of aromatic nitrogens is 2. The summed E-state index contributed by atoms with van der Waals surface area (Å²) in [6.07, 6.45) is 2.15. The third-order valence-corrected chi connectivity index (χ3v) is 2.79. The van der Waals surface area contributed by atoms with Crippen LogP contribution in [0.4, 0.5) is 4.39 Å². The van der Waals surface area contributed by atoms with Gasteiger partial charge in [-0.3, -0.25) is 0 Å². The van der Waals surface area contributed by atoms with Crippen molar-refractivity contribution in [2.45, 2.75) is 13.0 Å². The molecular formula is C13H13ClFN3O. The van der Waals surface area contributed by atoms with Gasteiger partial charge < -0.3 is 9.84 Å². The van der Waals surface area contributed by atoms with Gasteiger partial charge >= 0.3 is 0 Å². The van der Waals surface area contributed by atoms with Crippen LogP contribution in [0.1, 0.15) is 17.3 Å². The molecule has 4 nitrogen and oxygen atoms in total. The minimum atomic E-state index is -0.365. The Hall–Kier alpha value is -1.72. The number of nitrogens with zero attached hydrogens (tertiary/aromatic N) is 2. The second-order valence-electron chi connectivity index (χ2n) is 3.94. The molecule has 1 aromatic carbocycles. The van der Waals surface area contributed by atoms with Crippen LogP contribution in [0, 0.1) is 5.82 Å². The lowest BCUT2D eigenvalue weighted by Crippen LogP contribution is -2.12. The van der Waals surface area contributed by atoms with Gasteiger partial charge in [0.25, 0.3) is 0 Å². The van der Waals surface area contributed by atoms with Crippen molar-refractivity contribution < 1.29 is 8.91 Å². The van der Waals surface area contributed by atoms with Gasteiger partial charge in [0, 0.05) is 18.0 Å². The van der Waals surface area contributed by atoms with E-state index in [1.54, 1.807) is 12.1 Å². The van der Waals surface area contributed by atoms with Crippen LogP contribution in [0.2, 0.25) is 5.02 Å². The number of hydrogen-bond acceptors (Lipinski definition) is 4. The van der Waals surface area contributed by atoms with E-state index in [1.165, 1.54) is 12.1 Å². The molecule has 0 saturated carbocycles. The van der Waals surface area contributed by atoms with Gasteiger partial charge in [-0.05, 0) is 17.7 Å². The molecule has 0 unspecified atom stereocenters. The summed E-state index contributed by atoms with van der Waals surface area (Å²) in [5.74, 6) is 0.648. The number of nitrogens with one attached hydrogen (secondary N) is 1. The van der Waals surface area contributed by atoms with E-state index < -0.39 is 0 Å². The zero-order valence-corrected chi connectivity index (χ0v) is 11.0. The number of rotatable bonds is 6. The SMILES string of the molecule is C=CCNCc1nc(Cc2ccc(F)cc2Cl)no1. The van der Waals surface area contributed by atoms with Crippen LogP contribution >= 0.6 is 11.6 Å². The highest BCUT2D eigenvalue weighted by atomic mass is 35.5. The van der Waals surface area contributed by atoms with E-state index in [0.717, 1.165) is 5.56 Å². The lowest BCUT2D eigenvalue weighted by molar-refractivity contribution is 0.366. The molecule has 0 aliphatic heterocycles. The Labute approximate surface area is 115 Å². The Morgan fingerprint density at radius 3 is 3.05 bits per heavy atom. The molecule has 0 saturated heterocycles. The number of halogens is 2. The van der Waals surface area contributed by atoms with Crippen molar-refractivity contribution in [2.75, 3.05) is 6.54 Å². The standard InChI is InChI=1S/C13H13ClFN3O/c1-2-5-16-8-13-17-12(18-19-13)6-9-3-4-10(15)7-11(9)14/h2-4,7,16H,1,5-6,8H2. The third kappa shape index (κ3) is 3.87. The monoisotopic (exact) mass is 281 g/mol. The molecule has 0 aliphatic rings. The lowest BCUT2D eigenvalue weighted by atomic mass is 10.1. The zero-order chi connectivity index (χ0) is 13.7. The Morgan fingerprint density at radius 2 is 2.32 bits per heavy atom. The van der Waals surface area contributed by atoms with E-state index in [2.05, 4.69) is 22.0 Å². The van der Waals surface area contributed by atoms with Crippen molar-refractivity contribution in [3.8, 4) is 0 Å². The molecule has 2 aromatic rings. The quantitative estimate of drug-likeness (QED) is 0.653. The van der Waals surface area contributed by atoms with Crippen LogP contribution in [0.5, 0.6) is 0 Å². The van der Waals surface area contributed by atoms with Gasteiger partial charge in [0.05, 0.1) is 6.54 Å². The fraction of sp³-hybridized carbons (Fsp3) is 0.231. The molecule has 0 aliphatic carbocycles. The summed E-state index contributed by atoms with van der Waals surface area (Å²) in [7, 11) is 0. The van der Waals surface area contributed by atoms with E-state index in [-0.39, 0.29) is 5.82 Å². The molecule has 0 atom stereocenters. The Morgan fingerprint density at radius 1 is 1.47 bits per heavy atom. The summed E-state index contributed by atoms with van der Waals surface area (Å²) in [6.45, 7) is 4.75. The Balaban J connectivity index is 2.01. The summed E-state index contributed by atoms with van der Waals surface area (Å²) in [5, 5.41) is 7.26. The van der Waals surface area contributed by atoms with Crippen molar-refractivity contribution in [3.05, 3.63) is 59.0 Å². The predicted octanol–water partition coefficient (Wildman–Crippen LogP) is 2.73. The molecule has 0 spiro atoms. The average Bonchev–Trinajstić information content (AvgIpc) is 2.81. The van der Waals surface area contributed by atoms with Gasteiger partial charge in [-0.25, -0.2) is 4.39 Å². The molecule has 100 valence electrons. The first-order chi connectivity index (χ1) is 9.19. The molecule has 0 fully saturated rings. The van der Waals surface area contributed by atoms with Gasteiger partial charge in [-0.1, -0.05) is 28.9 Å². The van der Waals surface area contributed by atoms with Crippen molar-refractivity contribution in [3.63, 3.8) is 0 Å². The van der Waals surface area contributed by atoms with Crippen molar-refractivity contribution >= 4 is 11.6 Å². The fourth-order valence-corrected chi connectivity index (χ4v) is 1.78. The molecule has 0 amide bonds. The first-order valence-corrected chi connectivity index (χ1v) is 6.14. The van der Waals surface area contributed by atoms with Crippen molar-refractivity contribution in [1.82, 2.24) is 15.5 Å². The van der Waals surface area contributed by atoms with E-state index in [9.17, 15) is 4.39 Å². The minimum Gasteiger partial charge on any atom is -0.338 e. The van der Waals surface area contributed by atoms with E-state index in [1.807, 2.05) is 0 Å². The molecule has 19 heavy (non-hydrogen) atoms. The summed E-state index contributed by atoms with van der Waals surface area (Å²) in [6, 6.07) is 4.24. The van der Waals surface area contributed by atoms with Crippen molar-refractivity contribution in [1.29, 1.82) is 0 Å². The van der Waals surface area contributed by atoms with Gasteiger partial charge in [0.2, 0.25) is 5.89 Å². The van der Waals surface area contributed by atoms with Crippen LogP contribution in [0.25, 0.3) is 0 Å². The van der Waals surface area contributed by atoms with Crippen molar-refractivity contribution in [2.24, 2.45) is 0 Å². The molecule has 1 aromatic heterocycles. The van der Waals surface area contributed by atoms with Crippen LogP contribution in [-0.4, -0.2) is 16.7 Å². The smallest absolute Gasteiger partial charge is 0.240 e. The molecule has 2 rings (SSSR count). The predicted molar refractivity (Wildman–Crippen MR) is 70.4 cm³/mol. The highest BCUT2D eigenvalue weighted by molar-refractivity contribution is 6.31. The highest BCUT2D eigenvalue weighted by Gasteiger charge is 2.09. The molecule has 0 radical (unpaired) electrons. The normalized spacial score (nSPS) is 10.6. The summed E-state index contributed by atoms with van der Waals surface area (Å²) < 4.78 is 18.0. The number of hydrogen-bond donors (Lipinski definition) is 1. The summed E-state index contributed by atoms with van der Waals surface area (Å²) in [4.78, 5) is 4.21. The average molecular weight is 282 g/mol. The molecule has 1 N–H and O–H groups in total. The van der Waals surface area contributed by atoms with Crippen LogP contribution < -0.4 is 5.32 Å². The molecule has 0 bridgehead atoms. The van der Waals surface area contributed by atoms with Gasteiger partial charge in [0.1, 0.15) is 5.82 Å². The third-order valence-electron chi connectivity index (χ3n) is 2.44. The van der Waals surface area contributed by atoms with Gasteiger partial charge in [0.15, 0.2) is 5.82 Å². The maximum atomic E-state index is 12.9. The minimum absolute atomic E-state index is 0.358. The molecule has 6 heteroatoms. The zero-order valence-electron chi connectivity index (χ0n) is 10.2. The molecular weight excluding hydrogens is 269 g/mol. The number of benzene rings is 1. The maximum Gasteiger partial charge on any atom is 0.240 e. The Bertz CT molecular complexity index is 571. The van der Waals surface area contributed by atoms with Crippen LogP contribution in [-0.2, 0) is 13.0 Å². The summed E-state index contributed by atoms with van der Waals surface area (Å²) >= 11 is 5.94. The maximum absolute atomic E-state index is 12.9.